The standard InChI is InChI=1S/C12H8Br2N2O4S/c13-11-6-1-8(7-12(11)14)15-21(19,20)10-4-2-9(3-5-10)16(17)18/h1-7,15H. The maximum absolute atomic E-state index is 12.2. The Hall–Kier alpha value is -1.45. The van der Waals surface area contributed by atoms with Gasteiger partial charge in [0.25, 0.3) is 15.7 Å². The van der Waals surface area contributed by atoms with E-state index in [0.717, 1.165) is 16.6 Å². The molecular weight excluding hydrogens is 428 g/mol. The Morgan fingerprint density at radius 3 is 2.14 bits per heavy atom. The van der Waals surface area contributed by atoms with Crippen LogP contribution in [0.2, 0.25) is 0 Å². The number of nitrogens with one attached hydrogen (secondary N) is 1. The molecule has 110 valence electrons. The molecule has 6 nitrogen and oxygen atoms in total. The maximum Gasteiger partial charge on any atom is 0.269 e. The zero-order valence-electron chi connectivity index (χ0n) is 10.3. The van der Waals surface area contributed by atoms with Crippen molar-refractivity contribution >= 4 is 53.3 Å². The maximum atomic E-state index is 12.2. The fraction of sp³-hybridized carbons (Fsp3) is 0. The van der Waals surface area contributed by atoms with Crippen molar-refractivity contribution in [2.45, 2.75) is 4.90 Å². The number of nitro benzene ring substituents is 1. The largest absolute Gasteiger partial charge is 0.280 e. The highest BCUT2D eigenvalue weighted by Gasteiger charge is 2.16. The zero-order valence-corrected chi connectivity index (χ0v) is 14.3. The van der Waals surface area contributed by atoms with E-state index in [9.17, 15) is 18.5 Å². The number of halogens is 2. The van der Waals surface area contributed by atoms with Crippen LogP contribution in [-0.4, -0.2) is 13.3 Å². The first-order chi connectivity index (χ1) is 9.79. The minimum Gasteiger partial charge on any atom is -0.280 e. The second kappa shape index (κ2) is 6.12. The van der Waals surface area contributed by atoms with Crippen molar-refractivity contribution in [1.82, 2.24) is 0 Å². The molecule has 0 aliphatic rings. The van der Waals surface area contributed by atoms with E-state index in [4.69, 9.17) is 0 Å². The summed E-state index contributed by atoms with van der Waals surface area (Å²) in [5.41, 5.74) is 0.212. The second-order valence-electron chi connectivity index (χ2n) is 3.99. The SMILES string of the molecule is O=[N+]([O-])c1ccc(S(=O)(=O)Nc2ccc(Br)c(Br)c2)cc1. The number of nitro groups is 1. The number of rotatable bonds is 4. The molecule has 2 rings (SSSR count). The predicted octanol–water partition coefficient (Wildman–Crippen LogP) is 3.92. The summed E-state index contributed by atoms with van der Waals surface area (Å²) in [5, 5.41) is 10.6. The second-order valence-corrected chi connectivity index (χ2v) is 7.38. The molecule has 0 aromatic heterocycles. The Morgan fingerprint density at radius 2 is 1.62 bits per heavy atom. The van der Waals surface area contributed by atoms with Crippen molar-refractivity contribution in [2.75, 3.05) is 4.72 Å². The van der Waals surface area contributed by atoms with E-state index in [0.29, 0.717) is 10.2 Å². The van der Waals surface area contributed by atoms with Gasteiger partial charge in [-0.3, -0.25) is 14.8 Å². The first kappa shape index (κ1) is 15.9. The summed E-state index contributed by atoms with van der Waals surface area (Å²) < 4.78 is 28.2. The van der Waals surface area contributed by atoms with Gasteiger partial charge in [-0.15, -0.1) is 0 Å². The molecule has 0 aliphatic carbocycles. The van der Waals surface area contributed by atoms with Crippen LogP contribution in [0.25, 0.3) is 0 Å². The minimum atomic E-state index is -3.79. The number of nitrogens with zero attached hydrogens (tertiary/aromatic N) is 1. The summed E-state index contributed by atoms with van der Waals surface area (Å²) in [6, 6.07) is 9.56. The lowest BCUT2D eigenvalue weighted by Gasteiger charge is -2.08. The smallest absolute Gasteiger partial charge is 0.269 e. The van der Waals surface area contributed by atoms with Gasteiger partial charge in [-0.1, -0.05) is 0 Å². The van der Waals surface area contributed by atoms with Gasteiger partial charge in [0.2, 0.25) is 0 Å². The highest BCUT2D eigenvalue weighted by Crippen LogP contribution is 2.27. The van der Waals surface area contributed by atoms with Gasteiger partial charge >= 0.3 is 0 Å². The highest BCUT2D eigenvalue weighted by molar-refractivity contribution is 9.13. The van der Waals surface area contributed by atoms with Crippen LogP contribution in [-0.2, 0) is 10.0 Å². The van der Waals surface area contributed by atoms with E-state index in [-0.39, 0.29) is 10.6 Å². The Balaban J connectivity index is 2.29. The molecule has 0 spiro atoms. The van der Waals surface area contributed by atoms with Crippen LogP contribution in [0.1, 0.15) is 0 Å². The first-order valence-corrected chi connectivity index (χ1v) is 8.59. The molecule has 0 saturated carbocycles. The Bertz CT molecular complexity index is 791. The third kappa shape index (κ3) is 3.80. The third-order valence-electron chi connectivity index (χ3n) is 2.53. The normalized spacial score (nSPS) is 11.1. The lowest BCUT2D eigenvalue weighted by molar-refractivity contribution is -0.384. The van der Waals surface area contributed by atoms with Crippen molar-refractivity contribution in [2.24, 2.45) is 0 Å². The van der Waals surface area contributed by atoms with Crippen molar-refractivity contribution in [1.29, 1.82) is 0 Å². The molecular formula is C12H8Br2N2O4S. The molecule has 21 heavy (non-hydrogen) atoms. The number of non-ortho nitro benzene ring substituents is 1. The van der Waals surface area contributed by atoms with Crippen LogP contribution in [0.4, 0.5) is 11.4 Å². The predicted molar refractivity (Wildman–Crippen MR) is 85.7 cm³/mol. The molecule has 0 saturated heterocycles. The Labute approximate surface area is 137 Å². The lowest BCUT2D eigenvalue weighted by Crippen LogP contribution is -2.12. The van der Waals surface area contributed by atoms with Gasteiger partial charge in [0.1, 0.15) is 0 Å². The average Bonchev–Trinajstić information content (AvgIpc) is 2.43. The van der Waals surface area contributed by atoms with Crippen LogP contribution < -0.4 is 4.72 Å². The van der Waals surface area contributed by atoms with Gasteiger partial charge in [0.15, 0.2) is 0 Å². The number of anilines is 1. The summed E-state index contributed by atoms with van der Waals surface area (Å²) in [6.07, 6.45) is 0. The monoisotopic (exact) mass is 434 g/mol. The summed E-state index contributed by atoms with van der Waals surface area (Å²) in [5.74, 6) is 0. The topological polar surface area (TPSA) is 89.3 Å². The third-order valence-corrected chi connectivity index (χ3v) is 5.81. The van der Waals surface area contributed by atoms with Crippen molar-refractivity contribution < 1.29 is 13.3 Å². The van der Waals surface area contributed by atoms with Crippen LogP contribution in [0, 0.1) is 10.1 Å². The number of sulfonamides is 1. The molecule has 9 heteroatoms. The molecule has 0 aliphatic heterocycles. The van der Waals surface area contributed by atoms with Crippen molar-refractivity contribution in [3.05, 3.63) is 61.5 Å². The van der Waals surface area contributed by atoms with Gasteiger partial charge < -0.3 is 0 Å². The van der Waals surface area contributed by atoms with Crippen LogP contribution in [0.5, 0.6) is 0 Å². The van der Waals surface area contributed by atoms with Gasteiger partial charge in [0, 0.05) is 21.1 Å². The summed E-state index contributed by atoms with van der Waals surface area (Å²) >= 11 is 6.57. The first-order valence-electron chi connectivity index (χ1n) is 5.52. The quantitative estimate of drug-likeness (QED) is 0.582. The fourth-order valence-electron chi connectivity index (χ4n) is 1.52. The van der Waals surface area contributed by atoms with E-state index in [1.165, 1.54) is 12.1 Å². The molecule has 2 aromatic carbocycles. The highest BCUT2D eigenvalue weighted by atomic mass is 79.9. The fourth-order valence-corrected chi connectivity index (χ4v) is 3.20. The van der Waals surface area contributed by atoms with Gasteiger partial charge in [0.05, 0.1) is 15.5 Å². The summed E-state index contributed by atoms with van der Waals surface area (Å²) in [6.45, 7) is 0. The van der Waals surface area contributed by atoms with E-state index >= 15 is 0 Å². The van der Waals surface area contributed by atoms with Crippen LogP contribution >= 0.6 is 31.9 Å². The molecule has 0 heterocycles. The van der Waals surface area contributed by atoms with Gasteiger partial charge in [-0.05, 0) is 62.2 Å². The molecule has 0 atom stereocenters. The van der Waals surface area contributed by atoms with Crippen molar-refractivity contribution in [3.8, 4) is 0 Å². The van der Waals surface area contributed by atoms with E-state index in [1.807, 2.05) is 0 Å². The van der Waals surface area contributed by atoms with Crippen molar-refractivity contribution in [3.63, 3.8) is 0 Å². The van der Waals surface area contributed by atoms with Crippen LogP contribution in [0.15, 0.2) is 56.3 Å². The summed E-state index contributed by atoms with van der Waals surface area (Å²) in [7, 11) is -3.79. The molecule has 0 fully saturated rings. The molecule has 0 amide bonds. The molecule has 0 bridgehead atoms. The Kier molecular flexibility index (Phi) is 4.64. The zero-order chi connectivity index (χ0) is 15.6. The molecule has 2 aromatic rings. The molecule has 1 N–H and O–H groups in total. The number of benzene rings is 2. The minimum absolute atomic E-state index is 0.0489. The van der Waals surface area contributed by atoms with E-state index in [1.54, 1.807) is 18.2 Å². The lowest BCUT2D eigenvalue weighted by atomic mass is 10.3. The van der Waals surface area contributed by atoms with Gasteiger partial charge in [-0.2, -0.15) is 0 Å². The number of hydrogen-bond acceptors (Lipinski definition) is 4. The molecule has 0 radical (unpaired) electrons. The van der Waals surface area contributed by atoms with E-state index in [2.05, 4.69) is 36.6 Å². The Morgan fingerprint density at radius 1 is 1.00 bits per heavy atom. The van der Waals surface area contributed by atoms with Crippen LogP contribution in [0.3, 0.4) is 0 Å². The number of hydrogen-bond donors (Lipinski definition) is 1. The summed E-state index contributed by atoms with van der Waals surface area (Å²) in [4.78, 5) is 9.92. The van der Waals surface area contributed by atoms with E-state index < -0.39 is 14.9 Å². The molecule has 0 unspecified atom stereocenters. The van der Waals surface area contributed by atoms with Gasteiger partial charge in [-0.25, -0.2) is 8.42 Å². The average molecular weight is 436 g/mol.